The maximum absolute atomic E-state index is 12.8. The van der Waals surface area contributed by atoms with Gasteiger partial charge in [0, 0.05) is 11.3 Å². The molecule has 0 aliphatic rings. The second kappa shape index (κ2) is 8.34. The number of nitrogens with one attached hydrogen (secondary N) is 1. The molecule has 0 aliphatic carbocycles. The Kier molecular flexibility index (Phi) is 7.12. The predicted octanol–water partition coefficient (Wildman–Crippen LogP) is 2.09. The zero-order valence-electron chi connectivity index (χ0n) is 11.2. The van der Waals surface area contributed by atoms with E-state index >= 15 is 0 Å². The maximum atomic E-state index is 12.8. The number of rotatable bonds is 7. The molecular formula is C13H17ClFNO3S. The minimum atomic E-state index is -0.466. The Bertz CT molecular complexity index is 457. The summed E-state index contributed by atoms with van der Waals surface area (Å²) in [6.07, 6.45) is 1.86. The number of amides is 1. The van der Waals surface area contributed by atoms with Crippen LogP contribution in [-0.2, 0) is 4.79 Å². The lowest BCUT2D eigenvalue weighted by Gasteiger charge is -2.21. The first-order chi connectivity index (χ1) is 9.47. The highest BCUT2D eigenvalue weighted by atomic mass is 35.5. The molecule has 0 radical (unpaired) electrons. The molecule has 20 heavy (non-hydrogen) atoms. The van der Waals surface area contributed by atoms with Crippen molar-refractivity contribution in [3.8, 4) is 5.75 Å². The van der Waals surface area contributed by atoms with Crippen LogP contribution in [-0.4, -0.2) is 41.8 Å². The predicted molar refractivity (Wildman–Crippen MR) is 78.9 cm³/mol. The molecule has 2 unspecified atom stereocenters. The molecule has 1 rings (SSSR count). The van der Waals surface area contributed by atoms with E-state index in [4.69, 9.17) is 21.4 Å². The van der Waals surface area contributed by atoms with Crippen LogP contribution in [0.1, 0.15) is 6.92 Å². The van der Waals surface area contributed by atoms with E-state index in [9.17, 15) is 9.18 Å². The molecule has 7 heteroatoms. The van der Waals surface area contributed by atoms with Crippen LogP contribution in [0.4, 0.5) is 4.39 Å². The summed E-state index contributed by atoms with van der Waals surface area (Å²) in [6.45, 7) is 1.57. The lowest BCUT2D eigenvalue weighted by Crippen LogP contribution is -2.43. The van der Waals surface area contributed by atoms with Gasteiger partial charge in [-0.1, -0.05) is 11.6 Å². The monoisotopic (exact) mass is 321 g/mol. The van der Waals surface area contributed by atoms with Gasteiger partial charge in [-0.3, -0.25) is 4.79 Å². The van der Waals surface area contributed by atoms with E-state index < -0.39 is 5.82 Å². The number of benzene rings is 1. The van der Waals surface area contributed by atoms with Crippen molar-refractivity contribution in [3.05, 3.63) is 29.0 Å². The van der Waals surface area contributed by atoms with Crippen LogP contribution in [0.5, 0.6) is 5.75 Å². The fourth-order valence-electron chi connectivity index (χ4n) is 1.56. The SMILES string of the molecule is CSC(CO)C(C)NC(=O)COc1ccc(F)cc1Cl. The van der Waals surface area contributed by atoms with Crippen LogP contribution < -0.4 is 10.1 Å². The summed E-state index contributed by atoms with van der Waals surface area (Å²) in [5, 5.41) is 11.9. The largest absolute Gasteiger partial charge is 0.482 e. The van der Waals surface area contributed by atoms with Crippen LogP contribution in [0.25, 0.3) is 0 Å². The number of aliphatic hydroxyl groups is 1. The fraction of sp³-hybridized carbons (Fsp3) is 0.462. The van der Waals surface area contributed by atoms with E-state index in [0.717, 1.165) is 6.07 Å². The number of ether oxygens (including phenoxy) is 1. The van der Waals surface area contributed by atoms with Crippen molar-refractivity contribution in [1.82, 2.24) is 5.32 Å². The molecule has 1 amide bonds. The number of halogens is 2. The maximum Gasteiger partial charge on any atom is 0.258 e. The molecule has 0 fully saturated rings. The molecule has 0 spiro atoms. The highest BCUT2D eigenvalue weighted by Crippen LogP contribution is 2.24. The summed E-state index contributed by atoms with van der Waals surface area (Å²) in [6, 6.07) is 3.51. The van der Waals surface area contributed by atoms with Gasteiger partial charge in [0.25, 0.3) is 5.91 Å². The average Bonchev–Trinajstić information content (AvgIpc) is 2.39. The molecule has 0 bridgehead atoms. The van der Waals surface area contributed by atoms with Gasteiger partial charge in [0.1, 0.15) is 11.6 Å². The van der Waals surface area contributed by atoms with Crippen molar-refractivity contribution < 1.29 is 19.0 Å². The van der Waals surface area contributed by atoms with Crippen molar-refractivity contribution in [2.45, 2.75) is 18.2 Å². The van der Waals surface area contributed by atoms with Crippen molar-refractivity contribution in [1.29, 1.82) is 0 Å². The molecule has 2 N–H and O–H groups in total. The average molecular weight is 322 g/mol. The van der Waals surface area contributed by atoms with Gasteiger partial charge in [-0.25, -0.2) is 4.39 Å². The number of hydrogen-bond donors (Lipinski definition) is 2. The van der Waals surface area contributed by atoms with Crippen LogP contribution in [0.2, 0.25) is 5.02 Å². The van der Waals surface area contributed by atoms with Gasteiger partial charge in [0.15, 0.2) is 6.61 Å². The van der Waals surface area contributed by atoms with Gasteiger partial charge >= 0.3 is 0 Å². The molecule has 1 aromatic rings. The molecule has 0 heterocycles. The third-order valence-corrected chi connectivity index (χ3v) is 4.14. The summed E-state index contributed by atoms with van der Waals surface area (Å²) in [5.41, 5.74) is 0. The lowest BCUT2D eigenvalue weighted by atomic mass is 10.2. The minimum absolute atomic E-state index is 0.0206. The Balaban J connectivity index is 2.47. The Morgan fingerprint density at radius 2 is 2.30 bits per heavy atom. The summed E-state index contributed by atoms with van der Waals surface area (Å²) in [7, 11) is 0. The van der Waals surface area contributed by atoms with Crippen molar-refractivity contribution in [3.63, 3.8) is 0 Å². The van der Waals surface area contributed by atoms with Crippen LogP contribution in [0, 0.1) is 5.82 Å². The third kappa shape index (κ3) is 5.19. The molecule has 0 aliphatic heterocycles. The molecule has 112 valence electrons. The standard InChI is InChI=1S/C13H17ClFNO3S/c1-8(12(6-17)20-2)16-13(18)7-19-11-4-3-9(15)5-10(11)14/h3-5,8,12,17H,6-7H2,1-2H3,(H,16,18). The third-order valence-electron chi connectivity index (χ3n) is 2.68. The van der Waals surface area contributed by atoms with E-state index in [1.165, 1.54) is 23.9 Å². The molecular weight excluding hydrogens is 305 g/mol. The van der Waals surface area contributed by atoms with Crippen LogP contribution in [0.3, 0.4) is 0 Å². The van der Waals surface area contributed by atoms with Crippen LogP contribution in [0.15, 0.2) is 18.2 Å². The van der Waals surface area contributed by atoms with Gasteiger partial charge in [-0.15, -0.1) is 0 Å². The van der Waals surface area contributed by atoms with Gasteiger partial charge in [0.2, 0.25) is 0 Å². The van der Waals surface area contributed by atoms with Crippen molar-refractivity contribution >= 4 is 29.3 Å². The fourth-order valence-corrected chi connectivity index (χ4v) is 2.41. The Morgan fingerprint density at radius 1 is 1.60 bits per heavy atom. The number of carbonyl (C=O) groups excluding carboxylic acids is 1. The lowest BCUT2D eigenvalue weighted by molar-refractivity contribution is -0.123. The van der Waals surface area contributed by atoms with E-state index in [1.807, 2.05) is 6.26 Å². The number of aliphatic hydroxyl groups excluding tert-OH is 1. The molecule has 1 aromatic carbocycles. The van der Waals surface area contributed by atoms with Gasteiger partial charge in [-0.05, 0) is 31.4 Å². The van der Waals surface area contributed by atoms with Crippen LogP contribution >= 0.6 is 23.4 Å². The normalized spacial score (nSPS) is 13.7. The zero-order valence-corrected chi connectivity index (χ0v) is 12.8. The Morgan fingerprint density at radius 3 is 2.85 bits per heavy atom. The summed E-state index contributed by atoms with van der Waals surface area (Å²) in [5.74, 6) is -0.545. The Hall–Kier alpha value is -0.980. The quantitative estimate of drug-likeness (QED) is 0.807. The molecule has 2 atom stereocenters. The minimum Gasteiger partial charge on any atom is -0.482 e. The molecule has 0 saturated carbocycles. The summed E-state index contributed by atoms with van der Waals surface area (Å²) in [4.78, 5) is 11.7. The highest BCUT2D eigenvalue weighted by Gasteiger charge is 2.17. The van der Waals surface area contributed by atoms with E-state index in [1.54, 1.807) is 6.92 Å². The number of carbonyl (C=O) groups is 1. The smallest absolute Gasteiger partial charge is 0.258 e. The Labute approximate surface area is 126 Å². The summed E-state index contributed by atoms with van der Waals surface area (Å²) >= 11 is 7.25. The molecule has 0 aromatic heterocycles. The number of thioether (sulfide) groups is 1. The summed E-state index contributed by atoms with van der Waals surface area (Å²) < 4.78 is 18.1. The van der Waals surface area contributed by atoms with Gasteiger partial charge in [0.05, 0.1) is 11.6 Å². The van der Waals surface area contributed by atoms with E-state index in [-0.39, 0.29) is 41.2 Å². The van der Waals surface area contributed by atoms with Gasteiger partial charge < -0.3 is 15.2 Å². The molecule has 0 saturated heterocycles. The second-order valence-corrected chi connectivity index (χ2v) is 5.66. The van der Waals surface area contributed by atoms with Gasteiger partial charge in [-0.2, -0.15) is 11.8 Å². The first-order valence-corrected chi connectivity index (χ1v) is 7.65. The first-order valence-electron chi connectivity index (χ1n) is 5.98. The van der Waals surface area contributed by atoms with Crippen molar-refractivity contribution in [2.75, 3.05) is 19.5 Å². The highest BCUT2D eigenvalue weighted by molar-refractivity contribution is 7.99. The van der Waals surface area contributed by atoms with E-state index in [0.29, 0.717) is 0 Å². The topological polar surface area (TPSA) is 58.6 Å². The first kappa shape index (κ1) is 17.1. The van der Waals surface area contributed by atoms with Crippen molar-refractivity contribution in [2.24, 2.45) is 0 Å². The zero-order chi connectivity index (χ0) is 15.1. The molecule has 4 nitrogen and oxygen atoms in total. The number of hydrogen-bond acceptors (Lipinski definition) is 4. The van der Waals surface area contributed by atoms with E-state index in [2.05, 4.69) is 5.32 Å². The second-order valence-electron chi connectivity index (χ2n) is 4.18.